The first kappa shape index (κ1) is 22.2. The summed E-state index contributed by atoms with van der Waals surface area (Å²) in [6, 6.07) is 0. The Morgan fingerprint density at radius 3 is 2.26 bits per heavy atom. The third kappa shape index (κ3) is 13.4. The molecule has 1 N–H and O–H groups in total. The number of nitrogens with zero attached hydrogens (tertiary/aromatic N) is 2. The molecule has 1 atom stereocenters. The van der Waals surface area contributed by atoms with Crippen LogP contribution in [0, 0.1) is 5.92 Å². The van der Waals surface area contributed by atoms with E-state index in [0.29, 0.717) is 0 Å². The van der Waals surface area contributed by atoms with Crippen LogP contribution in [0.1, 0.15) is 59.3 Å². The lowest BCUT2D eigenvalue weighted by Crippen LogP contribution is -2.23. The van der Waals surface area contributed by atoms with Crippen molar-refractivity contribution in [2.75, 3.05) is 26.9 Å². The van der Waals surface area contributed by atoms with Crippen molar-refractivity contribution < 1.29 is 17.2 Å². The first-order valence-corrected chi connectivity index (χ1v) is 9.93. The quantitative estimate of drug-likeness (QED) is 0.608. The van der Waals surface area contributed by atoms with Crippen LogP contribution >= 0.6 is 0 Å². The van der Waals surface area contributed by atoms with Crippen molar-refractivity contribution in [2.24, 2.45) is 5.92 Å². The molecular formula is C16H34N2O4S. The van der Waals surface area contributed by atoms with Gasteiger partial charge in [0.2, 0.25) is 0 Å². The maximum Gasteiger partial charge on any atom is 0.397 e. The van der Waals surface area contributed by atoms with Crippen LogP contribution in [0.25, 0.3) is 0 Å². The molecule has 1 heterocycles. The van der Waals surface area contributed by atoms with Crippen LogP contribution in [0.15, 0.2) is 12.4 Å². The molecule has 0 aromatic carbocycles. The molecule has 0 saturated carbocycles. The van der Waals surface area contributed by atoms with E-state index in [-0.39, 0.29) is 12.5 Å². The first-order valence-electron chi connectivity index (χ1n) is 8.56. The zero-order chi connectivity index (χ0) is 17.7. The Bertz CT molecular complexity index is 412. The molecule has 1 aliphatic rings. The lowest BCUT2D eigenvalue weighted by Gasteiger charge is -2.17. The van der Waals surface area contributed by atoms with Gasteiger partial charge in [0.1, 0.15) is 0 Å². The minimum Gasteiger partial charge on any atom is -0.362 e. The fraction of sp³-hybridized carbons (Fsp3) is 0.875. The molecule has 23 heavy (non-hydrogen) atoms. The second-order valence-electron chi connectivity index (χ2n) is 5.99. The highest BCUT2D eigenvalue weighted by molar-refractivity contribution is 7.80. The Morgan fingerprint density at radius 2 is 1.83 bits per heavy atom. The molecule has 1 rings (SSSR count). The van der Waals surface area contributed by atoms with Crippen LogP contribution in [0.4, 0.5) is 0 Å². The molecule has 0 aliphatic carbocycles. The Hall–Kier alpha value is -0.790. The molecule has 0 saturated heterocycles. The van der Waals surface area contributed by atoms with Gasteiger partial charge in [-0.25, -0.2) is 4.18 Å². The van der Waals surface area contributed by atoms with E-state index in [9.17, 15) is 8.42 Å². The van der Waals surface area contributed by atoms with Gasteiger partial charge in [0.15, 0.2) is 0 Å². The van der Waals surface area contributed by atoms with E-state index in [1.807, 2.05) is 6.92 Å². The zero-order valence-corrected chi connectivity index (χ0v) is 15.9. The molecule has 0 radical (unpaired) electrons. The monoisotopic (exact) mass is 350 g/mol. The van der Waals surface area contributed by atoms with Gasteiger partial charge < -0.3 is 9.80 Å². The minimum absolute atomic E-state index is 0.0926. The molecule has 0 fully saturated rings. The molecule has 0 aromatic heterocycles. The number of hydrogen-bond acceptors (Lipinski definition) is 5. The summed E-state index contributed by atoms with van der Waals surface area (Å²) >= 11 is 0. The van der Waals surface area contributed by atoms with Crippen LogP contribution in [0.5, 0.6) is 0 Å². The van der Waals surface area contributed by atoms with Crippen LogP contribution in [-0.2, 0) is 14.6 Å². The molecule has 0 spiro atoms. The van der Waals surface area contributed by atoms with Crippen LogP contribution in [-0.4, -0.2) is 49.6 Å². The van der Waals surface area contributed by atoms with E-state index >= 15 is 0 Å². The van der Waals surface area contributed by atoms with E-state index in [1.54, 1.807) is 0 Å². The summed E-state index contributed by atoms with van der Waals surface area (Å²) in [5.74, 6) is 0.224. The fourth-order valence-electron chi connectivity index (χ4n) is 2.18. The van der Waals surface area contributed by atoms with Gasteiger partial charge in [-0.2, -0.15) is 8.42 Å². The Kier molecular flexibility index (Phi) is 12.2. The van der Waals surface area contributed by atoms with E-state index in [0.717, 1.165) is 32.4 Å². The fourth-order valence-corrected chi connectivity index (χ4v) is 2.54. The van der Waals surface area contributed by atoms with Gasteiger partial charge in [-0.15, -0.1) is 0 Å². The SMILES string of the molecule is CCCCC(CC)COS(=O)(=O)O.CCCCN1C=CN(C)C1. The van der Waals surface area contributed by atoms with Crippen LogP contribution in [0.2, 0.25) is 0 Å². The van der Waals surface area contributed by atoms with Gasteiger partial charge in [0.05, 0.1) is 13.3 Å². The highest BCUT2D eigenvalue weighted by Gasteiger charge is 2.11. The smallest absolute Gasteiger partial charge is 0.362 e. The average molecular weight is 351 g/mol. The maximum atomic E-state index is 10.3. The maximum absolute atomic E-state index is 10.3. The topological polar surface area (TPSA) is 70.1 Å². The van der Waals surface area contributed by atoms with E-state index < -0.39 is 10.4 Å². The van der Waals surface area contributed by atoms with Gasteiger partial charge in [-0.05, 0) is 18.8 Å². The van der Waals surface area contributed by atoms with E-state index in [1.165, 1.54) is 19.4 Å². The first-order chi connectivity index (χ1) is 10.8. The molecule has 0 aromatic rings. The largest absolute Gasteiger partial charge is 0.397 e. The Morgan fingerprint density at radius 1 is 1.17 bits per heavy atom. The van der Waals surface area contributed by atoms with Crippen molar-refractivity contribution >= 4 is 10.4 Å². The predicted octanol–water partition coefficient (Wildman–Crippen LogP) is 3.48. The zero-order valence-electron chi connectivity index (χ0n) is 15.1. The van der Waals surface area contributed by atoms with E-state index in [2.05, 4.69) is 47.3 Å². The van der Waals surface area contributed by atoms with Crippen molar-refractivity contribution in [1.82, 2.24) is 9.80 Å². The Balaban J connectivity index is 0.000000433. The normalized spacial score (nSPS) is 15.5. The van der Waals surface area contributed by atoms with Gasteiger partial charge in [-0.3, -0.25) is 4.55 Å². The average Bonchev–Trinajstić information content (AvgIpc) is 2.90. The second kappa shape index (κ2) is 12.6. The standard InChI is InChI=1S/C8H16N2.C8H18O4S/c1-3-4-5-10-7-6-9(2)8-10;1-3-5-6-8(4-2)7-12-13(9,10)11/h6-7H,3-5,8H2,1-2H3;8H,3-7H2,1-2H3,(H,9,10,11). The van der Waals surface area contributed by atoms with Gasteiger partial charge in [0, 0.05) is 26.0 Å². The van der Waals surface area contributed by atoms with Gasteiger partial charge >= 0.3 is 10.4 Å². The summed E-state index contributed by atoms with van der Waals surface area (Å²) in [4.78, 5) is 4.53. The van der Waals surface area contributed by atoms with Crippen molar-refractivity contribution in [2.45, 2.75) is 59.3 Å². The Labute approximate surface area is 142 Å². The van der Waals surface area contributed by atoms with Crippen molar-refractivity contribution in [3.8, 4) is 0 Å². The molecule has 6 nitrogen and oxygen atoms in total. The van der Waals surface area contributed by atoms with E-state index in [4.69, 9.17) is 4.55 Å². The third-order valence-corrected chi connectivity index (χ3v) is 4.17. The molecule has 138 valence electrons. The molecule has 1 aliphatic heterocycles. The molecule has 0 bridgehead atoms. The van der Waals surface area contributed by atoms with Gasteiger partial charge in [0.25, 0.3) is 0 Å². The summed E-state index contributed by atoms with van der Waals surface area (Å²) in [6.45, 7) is 8.65. The number of unbranched alkanes of at least 4 members (excludes halogenated alkanes) is 2. The molecular weight excluding hydrogens is 316 g/mol. The van der Waals surface area contributed by atoms with Crippen molar-refractivity contribution in [1.29, 1.82) is 0 Å². The number of hydrogen-bond donors (Lipinski definition) is 1. The highest BCUT2D eigenvalue weighted by atomic mass is 32.3. The lowest BCUT2D eigenvalue weighted by atomic mass is 10.0. The van der Waals surface area contributed by atoms with Crippen molar-refractivity contribution in [3.05, 3.63) is 12.4 Å². The summed E-state index contributed by atoms with van der Waals surface area (Å²) in [6.07, 6.45) is 10.8. The third-order valence-electron chi connectivity index (χ3n) is 3.73. The van der Waals surface area contributed by atoms with Gasteiger partial charge in [-0.1, -0.05) is 46.5 Å². The van der Waals surface area contributed by atoms with Crippen LogP contribution < -0.4 is 0 Å². The van der Waals surface area contributed by atoms with Crippen molar-refractivity contribution in [3.63, 3.8) is 0 Å². The second-order valence-corrected chi connectivity index (χ2v) is 7.08. The number of rotatable bonds is 10. The molecule has 7 heteroatoms. The summed E-state index contributed by atoms with van der Waals surface area (Å²) in [5.41, 5.74) is 0. The minimum atomic E-state index is -4.25. The summed E-state index contributed by atoms with van der Waals surface area (Å²) in [5, 5.41) is 0. The predicted molar refractivity (Wildman–Crippen MR) is 94.2 cm³/mol. The summed E-state index contributed by atoms with van der Waals surface area (Å²) < 4.78 is 33.2. The highest BCUT2D eigenvalue weighted by Crippen LogP contribution is 2.13. The lowest BCUT2D eigenvalue weighted by molar-refractivity contribution is 0.211. The molecule has 0 amide bonds. The summed E-state index contributed by atoms with van der Waals surface area (Å²) in [7, 11) is -2.15. The molecule has 1 unspecified atom stereocenters. The van der Waals surface area contributed by atoms with Crippen LogP contribution in [0.3, 0.4) is 0 Å².